The molecule has 2 heteroatoms. The van der Waals surface area contributed by atoms with Crippen LogP contribution in [0.5, 0.6) is 5.75 Å². The van der Waals surface area contributed by atoms with Gasteiger partial charge in [0.25, 0.3) is 0 Å². The molecule has 2 N–H and O–H groups in total. The molecule has 0 atom stereocenters. The minimum absolute atomic E-state index is 0.552. The molecule has 0 heterocycles. The van der Waals surface area contributed by atoms with Crippen LogP contribution in [-0.2, 0) is 6.61 Å². The van der Waals surface area contributed by atoms with Crippen molar-refractivity contribution in [2.45, 2.75) is 26.4 Å². The van der Waals surface area contributed by atoms with E-state index in [4.69, 9.17) is 10.5 Å². The first-order valence-corrected chi connectivity index (χ1v) is 6.22. The molecule has 0 amide bonds. The van der Waals surface area contributed by atoms with E-state index < -0.39 is 0 Å². The fourth-order valence-electron chi connectivity index (χ4n) is 1.73. The standard InChI is InChI=1S/C16H19NO/c1-12(2)14-5-9-16(10-6-14)18-11-13-3-7-15(17)8-4-13/h3-10,12H,11,17H2,1-2H3. The molecule has 2 rings (SSSR count). The second-order valence-electron chi connectivity index (χ2n) is 4.75. The lowest BCUT2D eigenvalue weighted by atomic mass is 10.0. The van der Waals surface area contributed by atoms with Gasteiger partial charge in [-0.1, -0.05) is 38.1 Å². The van der Waals surface area contributed by atoms with Crippen LogP contribution < -0.4 is 10.5 Å². The van der Waals surface area contributed by atoms with E-state index >= 15 is 0 Å². The fraction of sp³-hybridized carbons (Fsp3) is 0.250. The summed E-state index contributed by atoms with van der Waals surface area (Å²) in [5, 5.41) is 0. The number of ether oxygens (including phenoxy) is 1. The third-order valence-electron chi connectivity index (χ3n) is 2.93. The van der Waals surface area contributed by atoms with Crippen LogP contribution in [0.1, 0.15) is 30.9 Å². The topological polar surface area (TPSA) is 35.2 Å². The SMILES string of the molecule is CC(C)c1ccc(OCc2ccc(N)cc2)cc1. The zero-order valence-electron chi connectivity index (χ0n) is 10.9. The Balaban J connectivity index is 1.95. The van der Waals surface area contributed by atoms with Crippen molar-refractivity contribution in [3.8, 4) is 5.75 Å². The number of nitrogen functional groups attached to an aromatic ring is 1. The first-order valence-electron chi connectivity index (χ1n) is 6.22. The molecular weight excluding hydrogens is 222 g/mol. The molecule has 2 aromatic carbocycles. The van der Waals surface area contributed by atoms with E-state index in [1.54, 1.807) is 0 Å². The summed E-state index contributed by atoms with van der Waals surface area (Å²) in [4.78, 5) is 0. The average molecular weight is 241 g/mol. The Morgan fingerprint density at radius 3 is 2.11 bits per heavy atom. The maximum Gasteiger partial charge on any atom is 0.119 e. The van der Waals surface area contributed by atoms with Crippen LogP contribution in [-0.4, -0.2) is 0 Å². The van der Waals surface area contributed by atoms with Gasteiger partial charge >= 0.3 is 0 Å². The summed E-state index contributed by atoms with van der Waals surface area (Å²) in [5.41, 5.74) is 8.87. The molecule has 0 bridgehead atoms. The van der Waals surface area contributed by atoms with E-state index in [0.29, 0.717) is 12.5 Å². The maximum absolute atomic E-state index is 5.73. The van der Waals surface area contributed by atoms with Gasteiger partial charge in [0, 0.05) is 5.69 Å². The summed E-state index contributed by atoms with van der Waals surface area (Å²) < 4.78 is 5.73. The summed E-state index contributed by atoms with van der Waals surface area (Å²) in [6.45, 7) is 4.94. The Bertz CT molecular complexity index is 486. The number of nitrogens with two attached hydrogens (primary N) is 1. The molecule has 0 unspecified atom stereocenters. The number of hydrogen-bond acceptors (Lipinski definition) is 2. The van der Waals surface area contributed by atoms with Gasteiger partial charge in [-0.05, 0) is 41.3 Å². The van der Waals surface area contributed by atoms with Gasteiger partial charge in [0.15, 0.2) is 0 Å². The molecule has 0 fully saturated rings. The normalized spacial score (nSPS) is 10.6. The predicted octanol–water partition coefficient (Wildman–Crippen LogP) is 3.97. The lowest BCUT2D eigenvalue weighted by molar-refractivity contribution is 0.306. The van der Waals surface area contributed by atoms with Crippen LogP contribution in [0.2, 0.25) is 0 Å². The van der Waals surface area contributed by atoms with Gasteiger partial charge in [-0.25, -0.2) is 0 Å². The fourth-order valence-corrected chi connectivity index (χ4v) is 1.73. The van der Waals surface area contributed by atoms with E-state index in [0.717, 1.165) is 17.0 Å². The molecule has 0 saturated carbocycles. The highest BCUT2D eigenvalue weighted by atomic mass is 16.5. The zero-order valence-corrected chi connectivity index (χ0v) is 10.9. The van der Waals surface area contributed by atoms with E-state index in [1.807, 2.05) is 36.4 Å². The molecule has 0 spiro atoms. The van der Waals surface area contributed by atoms with E-state index in [2.05, 4.69) is 26.0 Å². The van der Waals surface area contributed by atoms with Crippen molar-refractivity contribution >= 4 is 5.69 Å². The number of hydrogen-bond donors (Lipinski definition) is 1. The number of anilines is 1. The quantitative estimate of drug-likeness (QED) is 0.822. The first-order chi connectivity index (χ1) is 8.65. The van der Waals surface area contributed by atoms with Gasteiger partial charge in [0.05, 0.1) is 0 Å². The van der Waals surface area contributed by atoms with Gasteiger partial charge in [0.1, 0.15) is 12.4 Å². The lowest BCUT2D eigenvalue weighted by Crippen LogP contribution is -1.96. The Hall–Kier alpha value is -1.96. The van der Waals surface area contributed by atoms with Crippen LogP contribution in [0.25, 0.3) is 0 Å². The third kappa shape index (κ3) is 3.27. The van der Waals surface area contributed by atoms with Crippen molar-refractivity contribution in [1.82, 2.24) is 0 Å². The minimum atomic E-state index is 0.552. The summed E-state index contributed by atoms with van der Waals surface area (Å²) in [6.07, 6.45) is 0. The van der Waals surface area contributed by atoms with E-state index in [-0.39, 0.29) is 0 Å². The van der Waals surface area contributed by atoms with Crippen LogP contribution in [0.3, 0.4) is 0 Å². The number of rotatable bonds is 4. The van der Waals surface area contributed by atoms with Crippen molar-refractivity contribution in [1.29, 1.82) is 0 Å². The van der Waals surface area contributed by atoms with Gasteiger partial charge in [-0.3, -0.25) is 0 Å². The lowest BCUT2D eigenvalue weighted by Gasteiger charge is -2.09. The predicted molar refractivity (Wildman–Crippen MR) is 75.7 cm³/mol. The highest BCUT2D eigenvalue weighted by molar-refractivity contribution is 5.39. The molecule has 94 valence electrons. The number of benzene rings is 2. The first kappa shape index (κ1) is 12.5. The molecule has 0 aliphatic heterocycles. The molecule has 0 aliphatic carbocycles. The van der Waals surface area contributed by atoms with Gasteiger partial charge in [0.2, 0.25) is 0 Å². The highest BCUT2D eigenvalue weighted by Crippen LogP contribution is 2.19. The molecular formula is C16H19NO. The van der Waals surface area contributed by atoms with Gasteiger partial charge in [-0.2, -0.15) is 0 Å². The molecule has 0 radical (unpaired) electrons. The smallest absolute Gasteiger partial charge is 0.119 e. The van der Waals surface area contributed by atoms with E-state index in [9.17, 15) is 0 Å². The van der Waals surface area contributed by atoms with Crippen molar-refractivity contribution in [2.75, 3.05) is 5.73 Å². The second-order valence-corrected chi connectivity index (χ2v) is 4.75. The van der Waals surface area contributed by atoms with Gasteiger partial charge in [-0.15, -0.1) is 0 Å². The van der Waals surface area contributed by atoms with Crippen molar-refractivity contribution < 1.29 is 4.74 Å². The molecule has 2 nitrogen and oxygen atoms in total. The maximum atomic E-state index is 5.73. The monoisotopic (exact) mass is 241 g/mol. The van der Waals surface area contributed by atoms with Crippen LogP contribution in [0.15, 0.2) is 48.5 Å². The summed E-state index contributed by atoms with van der Waals surface area (Å²) >= 11 is 0. The molecule has 0 aliphatic rings. The largest absolute Gasteiger partial charge is 0.489 e. The Labute approximate surface area is 108 Å². The summed E-state index contributed by atoms with van der Waals surface area (Å²) in [7, 11) is 0. The summed E-state index contributed by atoms with van der Waals surface area (Å²) in [6, 6.07) is 16.0. The Morgan fingerprint density at radius 2 is 1.56 bits per heavy atom. The van der Waals surface area contributed by atoms with Crippen molar-refractivity contribution in [3.05, 3.63) is 59.7 Å². The molecule has 18 heavy (non-hydrogen) atoms. The summed E-state index contributed by atoms with van der Waals surface area (Å²) in [5.74, 6) is 1.45. The second kappa shape index (κ2) is 5.58. The third-order valence-corrected chi connectivity index (χ3v) is 2.93. The zero-order chi connectivity index (χ0) is 13.0. The van der Waals surface area contributed by atoms with Gasteiger partial charge < -0.3 is 10.5 Å². The van der Waals surface area contributed by atoms with E-state index in [1.165, 1.54) is 5.56 Å². The average Bonchev–Trinajstić information content (AvgIpc) is 2.38. The molecule has 0 aromatic heterocycles. The molecule has 0 saturated heterocycles. The highest BCUT2D eigenvalue weighted by Gasteiger charge is 2.00. The van der Waals surface area contributed by atoms with Crippen LogP contribution >= 0.6 is 0 Å². The van der Waals surface area contributed by atoms with Crippen molar-refractivity contribution in [2.24, 2.45) is 0 Å². The van der Waals surface area contributed by atoms with Crippen LogP contribution in [0, 0.1) is 0 Å². The Morgan fingerprint density at radius 1 is 0.944 bits per heavy atom. The van der Waals surface area contributed by atoms with Crippen molar-refractivity contribution in [3.63, 3.8) is 0 Å². The van der Waals surface area contributed by atoms with Crippen LogP contribution in [0.4, 0.5) is 5.69 Å². The Kier molecular flexibility index (Phi) is 3.88. The minimum Gasteiger partial charge on any atom is -0.489 e. The molecule has 2 aromatic rings.